The largest absolute Gasteiger partial charge is 0.492 e. The lowest BCUT2D eigenvalue weighted by Crippen LogP contribution is -2.15. The molecule has 0 heterocycles. The predicted molar refractivity (Wildman–Crippen MR) is 75.0 cm³/mol. The first-order valence-corrected chi connectivity index (χ1v) is 7.77. The summed E-state index contributed by atoms with van der Waals surface area (Å²) in [5.41, 5.74) is 0.681. The Bertz CT molecular complexity index is 433. The summed E-state index contributed by atoms with van der Waals surface area (Å²) in [7, 11) is 0. The number of thioether (sulfide) groups is 1. The second-order valence-corrected chi connectivity index (χ2v) is 5.61. The van der Waals surface area contributed by atoms with Gasteiger partial charge in [-0.25, -0.2) is 0 Å². The Hall–Kier alpha value is -1.14. The second-order valence-electron chi connectivity index (χ2n) is 4.76. The van der Waals surface area contributed by atoms with Gasteiger partial charge in [-0.15, -0.1) is 11.8 Å². The van der Waals surface area contributed by atoms with E-state index in [1.165, 1.54) is 32.1 Å². The molecule has 1 aliphatic rings. The minimum absolute atomic E-state index is 0.670. The van der Waals surface area contributed by atoms with E-state index in [0.29, 0.717) is 11.5 Å². The zero-order chi connectivity index (χ0) is 12.8. The summed E-state index contributed by atoms with van der Waals surface area (Å²) in [5.74, 6) is 1.41. The molecule has 0 aromatic heterocycles. The predicted octanol–water partition coefficient (Wildman–Crippen LogP) is 4.24. The molecule has 0 spiro atoms. The van der Waals surface area contributed by atoms with E-state index in [1.54, 1.807) is 11.8 Å². The van der Waals surface area contributed by atoms with Crippen LogP contribution in [0, 0.1) is 17.2 Å². The molecule has 0 saturated heterocycles. The van der Waals surface area contributed by atoms with Crippen LogP contribution < -0.4 is 4.74 Å². The number of hydrogen-bond acceptors (Lipinski definition) is 3. The van der Waals surface area contributed by atoms with Crippen molar-refractivity contribution < 1.29 is 4.74 Å². The minimum atomic E-state index is 0.670. The van der Waals surface area contributed by atoms with Crippen LogP contribution in [0.5, 0.6) is 5.75 Å². The number of rotatable bonds is 4. The molecule has 0 N–H and O–H groups in total. The molecule has 96 valence electrons. The summed E-state index contributed by atoms with van der Waals surface area (Å²) in [6, 6.07) is 8.09. The summed E-state index contributed by atoms with van der Waals surface area (Å²) < 4.78 is 5.87. The Morgan fingerprint density at radius 3 is 2.78 bits per heavy atom. The van der Waals surface area contributed by atoms with Gasteiger partial charge in [0.2, 0.25) is 0 Å². The summed E-state index contributed by atoms with van der Waals surface area (Å²) >= 11 is 1.59. The highest BCUT2D eigenvalue weighted by molar-refractivity contribution is 7.98. The third-order valence-electron chi connectivity index (χ3n) is 3.52. The molecule has 1 fully saturated rings. The van der Waals surface area contributed by atoms with E-state index in [9.17, 15) is 5.26 Å². The first-order chi connectivity index (χ1) is 8.85. The Morgan fingerprint density at radius 1 is 1.33 bits per heavy atom. The lowest BCUT2D eigenvalue weighted by atomic mass is 9.90. The van der Waals surface area contributed by atoms with Gasteiger partial charge in [-0.2, -0.15) is 5.26 Å². The molecular formula is C15H19NOS. The van der Waals surface area contributed by atoms with Crippen LogP contribution in [0.4, 0.5) is 0 Å². The molecule has 0 aliphatic heterocycles. The van der Waals surface area contributed by atoms with Crippen LogP contribution in [0.1, 0.15) is 37.7 Å². The number of ether oxygens (including phenoxy) is 1. The van der Waals surface area contributed by atoms with E-state index in [-0.39, 0.29) is 0 Å². The van der Waals surface area contributed by atoms with E-state index in [1.807, 2.05) is 24.5 Å². The molecule has 3 heteroatoms. The quantitative estimate of drug-likeness (QED) is 0.760. The van der Waals surface area contributed by atoms with Crippen LogP contribution >= 0.6 is 11.8 Å². The average molecular weight is 261 g/mol. The van der Waals surface area contributed by atoms with Crippen molar-refractivity contribution in [2.24, 2.45) is 5.92 Å². The van der Waals surface area contributed by atoms with Crippen LogP contribution in [0.3, 0.4) is 0 Å². The van der Waals surface area contributed by atoms with Gasteiger partial charge in [0.05, 0.1) is 6.61 Å². The SMILES string of the molecule is CSc1cccc(OCC2CCCCC2)c1C#N. The molecule has 1 aliphatic carbocycles. The van der Waals surface area contributed by atoms with Crippen LogP contribution in [-0.2, 0) is 0 Å². The third-order valence-corrected chi connectivity index (χ3v) is 4.30. The maximum atomic E-state index is 9.22. The molecule has 18 heavy (non-hydrogen) atoms. The van der Waals surface area contributed by atoms with Crippen molar-refractivity contribution in [3.8, 4) is 11.8 Å². The average Bonchev–Trinajstić information content (AvgIpc) is 2.45. The molecule has 1 aromatic carbocycles. The molecule has 0 amide bonds. The number of nitriles is 1. The molecular weight excluding hydrogens is 242 g/mol. The van der Waals surface area contributed by atoms with Crippen LogP contribution in [-0.4, -0.2) is 12.9 Å². The smallest absolute Gasteiger partial charge is 0.138 e. The Morgan fingerprint density at radius 2 is 2.11 bits per heavy atom. The highest BCUT2D eigenvalue weighted by atomic mass is 32.2. The normalized spacial score (nSPS) is 16.2. The monoisotopic (exact) mass is 261 g/mol. The highest BCUT2D eigenvalue weighted by Gasteiger charge is 2.15. The first-order valence-electron chi connectivity index (χ1n) is 6.55. The van der Waals surface area contributed by atoms with E-state index in [0.717, 1.165) is 17.3 Å². The second kappa shape index (κ2) is 6.70. The minimum Gasteiger partial charge on any atom is -0.492 e. The van der Waals surface area contributed by atoms with Crippen LogP contribution in [0.2, 0.25) is 0 Å². The first kappa shape index (κ1) is 13.3. The van der Waals surface area contributed by atoms with Gasteiger partial charge >= 0.3 is 0 Å². The summed E-state index contributed by atoms with van der Waals surface area (Å²) in [4.78, 5) is 0.999. The molecule has 0 unspecified atom stereocenters. The lowest BCUT2D eigenvalue weighted by molar-refractivity contribution is 0.208. The standard InChI is InChI=1S/C15H19NOS/c1-18-15-9-5-8-14(13(15)10-16)17-11-12-6-3-2-4-7-12/h5,8-9,12H,2-4,6-7,11H2,1H3. The zero-order valence-electron chi connectivity index (χ0n) is 10.8. The van der Waals surface area contributed by atoms with Gasteiger partial charge in [-0.3, -0.25) is 0 Å². The number of benzene rings is 1. The van der Waals surface area contributed by atoms with Crippen molar-refractivity contribution >= 4 is 11.8 Å². The van der Waals surface area contributed by atoms with Crippen molar-refractivity contribution in [2.45, 2.75) is 37.0 Å². The lowest BCUT2D eigenvalue weighted by Gasteiger charge is -2.22. The van der Waals surface area contributed by atoms with Crippen molar-refractivity contribution in [3.05, 3.63) is 23.8 Å². The Labute approximate surface area is 113 Å². The molecule has 0 radical (unpaired) electrons. The molecule has 1 saturated carbocycles. The van der Waals surface area contributed by atoms with Crippen molar-refractivity contribution in [1.82, 2.24) is 0 Å². The van der Waals surface area contributed by atoms with Gasteiger partial charge in [-0.05, 0) is 37.1 Å². The summed E-state index contributed by atoms with van der Waals surface area (Å²) in [6.45, 7) is 0.756. The van der Waals surface area contributed by atoms with Gasteiger partial charge in [0.25, 0.3) is 0 Å². The zero-order valence-corrected chi connectivity index (χ0v) is 11.6. The van der Waals surface area contributed by atoms with Gasteiger partial charge in [0.15, 0.2) is 0 Å². The van der Waals surface area contributed by atoms with Crippen molar-refractivity contribution in [3.63, 3.8) is 0 Å². The number of nitrogens with zero attached hydrogens (tertiary/aromatic N) is 1. The number of hydrogen-bond donors (Lipinski definition) is 0. The Balaban J connectivity index is 2.02. The molecule has 0 bridgehead atoms. The molecule has 2 nitrogen and oxygen atoms in total. The fraction of sp³-hybridized carbons (Fsp3) is 0.533. The van der Waals surface area contributed by atoms with Gasteiger partial charge in [0.1, 0.15) is 17.4 Å². The fourth-order valence-corrected chi connectivity index (χ4v) is 3.04. The van der Waals surface area contributed by atoms with E-state index >= 15 is 0 Å². The van der Waals surface area contributed by atoms with Gasteiger partial charge in [-0.1, -0.05) is 25.3 Å². The third kappa shape index (κ3) is 3.20. The van der Waals surface area contributed by atoms with E-state index < -0.39 is 0 Å². The maximum Gasteiger partial charge on any atom is 0.138 e. The molecule has 0 atom stereocenters. The van der Waals surface area contributed by atoms with Crippen LogP contribution in [0.25, 0.3) is 0 Å². The highest BCUT2D eigenvalue weighted by Crippen LogP contribution is 2.30. The summed E-state index contributed by atoms with van der Waals surface area (Å²) in [5, 5.41) is 9.22. The molecule has 2 rings (SSSR count). The van der Waals surface area contributed by atoms with Crippen molar-refractivity contribution in [2.75, 3.05) is 12.9 Å². The maximum absolute atomic E-state index is 9.22. The topological polar surface area (TPSA) is 33.0 Å². The summed E-state index contributed by atoms with van der Waals surface area (Å²) in [6.07, 6.45) is 8.53. The van der Waals surface area contributed by atoms with Crippen LogP contribution in [0.15, 0.2) is 23.1 Å². The Kier molecular flexibility index (Phi) is 4.95. The fourth-order valence-electron chi connectivity index (χ4n) is 2.47. The van der Waals surface area contributed by atoms with E-state index in [2.05, 4.69) is 6.07 Å². The van der Waals surface area contributed by atoms with E-state index in [4.69, 9.17) is 4.74 Å². The van der Waals surface area contributed by atoms with Gasteiger partial charge < -0.3 is 4.74 Å². The molecule has 1 aromatic rings. The van der Waals surface area contributed by atoms with Gasteiger partial charge in [0, 0.05) is 4.90 Å². The van der Waals surface area contributed by atoms with Crippen molar-refractivity contribution in [1.29, 1.82) is 5.26 Å².